The molecule has 2 aliphatic heterocycles. The minimum absolute atomic E-state index is 0.0446. The molecule has 9 heteroatoms. The van der Waals surface area contributed by atoms with Crippen LogP contribution in [0.15, 0.2) is 23.0 Å². The van der Waals surface area contributed by atoms with Crippen molar-refractivity contribution < 1.29 is 19.1 Å². The molecular formula is C23H30N4O5. The Morgan fingerprint density at radius 1 is 1.16 bits per heavy atom. The summed E-state index contributed by atoms with van der Waals surface area (Å²) >= 11 is 0. The second-order valence-corrected chi connectivity index (χ2v) is 9.66. The number of fused-ring (bicyclic) bond motifs is 1. The Morgan fingerprint density at radius 2 is 1.91 bits per heavy atom. The van der Waals surface area contributed by atoms with Crippen molar-refractivity contribution in [1.29, 1.82) is 0 Å². The molecule has 1 aromatic heterocycles. The van der Waals surface area contributed by atoms with Crippen molar-refractivity contribution in [3.63, 3.8) is 0 Å². The molecule has 1 N–H and O–H groups in total. The van der Waals surface area contributed by atoms with Crippen LogP contribution in [0.2, 0.25) is 0 Å². The number of amides is 3. The molecule has 2 aliphatic rings. The van der Waals surface area contributed by atoms with Gasteiger partial charge in [0.1, 0.15) is 11.6 Å². The largest absolute Gasteiger partial charge is 0.444 e. The minimum atomic E-state index is -0.719. The number of nitrogens with one attached hydrogen (secondary N) is 1. The molecule has 2 atom stereocenters. The molecule has 0 saturated carbocycles. The fourth-order valence-corrected chi connectivity index (χ4v) is 4.75. The maximum Gasteiger partial charge on any atom is 0.410 e. The van der Waals surface area contributed by atoms with E-state index in [2.05, 4.69) is 5.32 Å². The first-order valence-electron chi connectivity index (χ1n) is 11.1. The van der Waals surface area contributed by atoms with Gasteiger partial charge in [0, 0.05) is 32.5 Å². The summed E-state index contributed by atoms with van der Waals surface area (Å²) in [5.74, 6) is -0.720. The zero-order chi connectivity index (χ0) is 23.2. The highest BCUT2D eigenvalue weighted by Gasteiger charge is 2.33. The molecule has 0 aliphatic carbocycles. The van der Waals surface area contributed by atoms with Crippen LogP contribution in [0.5, 0.6) is 0 Å². The van der Waals surface area contributed by atoms with Gasteiger partial charge in [-0.15, -0.1) is 0 Å². The lowest BCUT2D eigenvalue weighted by Crippen LogP contribution is -2.44. The number of imide groups is 1. The highest BCUT2D eigenvalue weighted by molar-refractivity contribution is 6.00. The molecule has 0 radical (unpaired) electrons. The Bertz CT molecular complexity index is 1140. The number of ether oxygens (including phenoxy) is 1. The zero-order valence-electron chi connectivity index (χ0n) is 19.0. The van der Waals surface area contributed by atoms with Crippen molar-refractivity contribution >= 4 is 28.9 Å². The van der Waals surface area contributed by atoms with E-state index in [1.807, 2.05) is 39.0 Å². The summed E-state index contributed by atoms with van der Waals surface area (Å²) < 4.78 is 8.62. The van der Waals surface area contributed by atoms with Crippen LogP contribution in [0.1, 0.15) is 64.0 Å². The second kappa shape index (κ2) is 8.11. The summed E-state index contributed by atoms with van der Waals surface area (Å²) in [5.41, 5.74) is 1.55. The number of carbonyl (C=O) groups is 3. The highest BCUT2D eigenvalue weighted by atomic mass is 16.6. The first-order valence-corrected chi connectivity index (χ1v) is 11.1. The molecule has 2 saturated heterocycles. The Labute approximate surface area is 186 Å². The first kappa shape index (κ1) is 22.1. The SMILES string of the molecule is Cn1c(=O)n(C2CCC(=O)NC2=O)c2cccc(C3CCCN(C(=O)OC(C)(C)C)C3)c21. The average molecular weight is 443 g/mol. The molecule has 1 aromatic carbocycles. The number of hydrogen-bond donors (Lipinski definition) is 1. The summed E-state index contributed by atoms with van der Waals surface area (Å²) in [4.78, 5) is 51.5. The number of likely N-dealkylation sites (tertiary alicyclic amines) is 1. The Balaban J connectivity index is 1.70. The van der Waals surface area contributed by atoms with Gasteiger partial charge in [0.05, 0.1) is 11.0 Å². The minimum Gasteiger partial charge on any atom is -0.444 e. The number of aromatic nitrogens is 2. The van der Waals surface area contributed by atoms with Crippen molar-refractivity contribution in [3.05, 3.63) is 34.2 Å². The van der Waals surface area contributed by atoms with E-state index in [-0.39, 0.29) is 30.0 Å². The van der Waals surface area contributed by atoms with E-state index >= 15 is 0 Å². The Morgan fingerprint density at radius 3 is 2.59 bits per heavy atom. The number of hydrogen-bond acceptors (Lipinski definition) is 5. The monoisotopic (exact) mass is 442 g/mol. The smallest absolute Gasteiger partial charge is 0.410 e. The topological polar surface area (TPSA) is 103 Å². The third-order valence-electron chi connectivity index (χ3n) is 6.17. The van der Waals surface area contributed by atoms with E-state index in [4.69, 9.17) is 4.74 Å². The van der Waals surface area contributed by atoms with Crippen LogP contribution < -0.4 is 11.0 Å². The molecule has 172 valence electrons. The number of nitrogens with zero attached hydrogens (tertiary/aromatic N) is 3. The van der Waals surface area contributed by atoms with Crippen LogP contribution >= 0.6 is 0 Å². The van der Waals surface area contributed by atoms with Crippen molar-refractivity contribution in [2.24, 2.45) is 7.05 Å². The van der Waals surface area contributed by atoms with Gasteiger partial charge in [-0.3, -0.25) is 24.0 Å². The van der Waals surface area contributed by atoms with Crippen LogP contribution in [-0.4, -0.2) is 50.6 Å². The normalized spacial score (nSPS) is 22.2. The molecule has 9 nitrogen and oxygen atoms in total. The molecule has 2 unspecified atom stereocenters. The molecule has 2 fully saturated rings. The zero-order valence-corrected chi connectivity index (χ0v) is 19.0. The quantitative estimate of drug-likeness (QED) is 0.720. The molecule has 4 rings (SSSR count). The van der Waals surface area contributed by atoms with Gasteiger partial charge in [-0.2, -0.15) is 0 Å². The molecule has 3 amide bonds. The standard InChI is InChI=1S/C23H30N4O5/c1-23(2,3)32-22(31)26-12-6-7-14(13-26)15-8-5-9-16-19(15)25(4)21(30)27(16)17-10-11-18(28)24-20(17)29/h5,8-9,14,17H,6-7,10-13H2,1-4H3,(H,24,28,29). The summed E-state index contributed by atoms with van der Waals surface area (Å²) in [6.07, 6.45) is 1.89. The van der Waals surface area contributed by atoms with Gasteiger partial charge in [-0.05, 0) is 51.7 Å². The fraction of sp³-hybridized carbons (Fsp3) is 0.565. The maximum atomic E-state index is 13.2. The predicted octanol–water partition coefficient (Wildman–Crippen LogP) is 2.43. The van der Waals surface area contributed by atoms with E-state index in [0.29, 0.717) is 25.0 Å². The van der Waals surface area contributed by atoms with Gasteiger partial charge in [0.15, 0.2) is 0 Å². The van der Waals surface area contributed by atoms with E-state index in [1.54, 1.807) is 16.5 Å². The molecule has 0 spiro atoms. The number of benzene rings is 1. The van der Waals surface area contributed by atoms with E-state index < -0.39 is 17.6 Å². The Kier molecular flexibility index (Phi) is 5.60. The summed E-state index contributed by atoms with van der Waals surface area (Å²) in [6.45, 7) is 6.69. The van der Waals surface area contributed by atoms with E-state index in [1.165, 1.54) is 4.57 Å². The van der Waals surface area contributed by atoms with E-state index in [0.717, 1.165) is 23.9 Å². The predicted molar refractivity (Wildman–Crippen MR) is 118 cm³/mol. The van der Waals surface area contributed by atoms with Gasteiger partial charge < -0.3 is 9.64 Å². The van der Waals surface area contributed by atoms with Crippen LogP contribution in [0.3, 0.4) is 0 Å². The van der Waals surface area contributed by atoms with Crippen molar-refractivity contribution in [1.82, 2.24) is 19.4 Å². The second-order valence-electron chi connectivity index (χ2n) is 9.66. The number of para-hydroxylation sites is 1. The summed E-state index contributed by atoms with van der Waals surface area (Å²) in [6, 6.07) is 4.98. The molecule has 0 bridgehead atoms. The van der Waals surface area contributed by atoms with Gasteiger partial charge in [-0.25, -0.2) is 9.59 Å². The lowest BCUT2D eigenvalue weighted by Gasteiger charge is -2.34. The third-order valence-corrected chi connectivity index (χ3v) is 6.17. The molecule has 32 heavy (non-hydrogen) atoms. The van der Waals surface area contributed by atoms with Crippen molar-refractivity contribution in [3.8, 4) is 0 Å². The van der Waals surface area contributed by atoms with Gasteiger partial charge >= 0.3 is 11.8 Å². The van der Waals surface area contributed by atoms with Gasteiger partial charge in [0.2, 0.25) is 11.8 Å². The van der Waals surface area contributed by atoms with Crippen LogP contribution in [0.4, 0.5) is 4.79 Å². The molecule has 3 heterocycles. The number of imidazole rings is 1. The van der Waals surface area contributed by atoms with Crippen LogP contribution in [0, 0.1) is 0 Å². The average Bonchev–Trinajstić information content (AvgIpc) is 2.98. The van der Waals surface area contributed by atoms with Crippen molar-refractivity contribution in [2.45, 2.75) is 64.0 Å². The molecule has 2 aromatic rings. The summed E-state index contributed by atoms with van der Waals surface area (Å²) in [7, 11) is 1.70. The van der Waals surface area contributed by atoms with E-state index in [9.17, 15) is 19.2 Å². The first-order chi connectivity index (χ1) is 15.1. The number of aryl methyl sites for hydroxylation is 1. The van der Waals surface area contributed by atoms with Gasteiger partial charge in [0.25, 0.3) is 0 Å². The van der Waals surface area contributed by atoms with Crippen LogP contribution in [0.25, 0.3) is 11.0 Å². The van der Waals surface area contributed by atoms with Gasteiger partial charge in [-0.1, -0.05) is 12.1 Å². The highest BCUT2D eigenvalue weighted by Crippen LogP contribution is 2.33. The number of piperidine rings is 2. The number of rotatable bonds is 2. The van der Waals surface area contributed by atoms with Crippen molar-refractivity contribution in [2.75, 3.05) is 13.1 Å². The Hall–Kier alpha value is -3.10. The summed E-state index contributed by atoms with van der Waals surface area (Å²) in [5, 5.41) is 2.34. The maximum absolute atomic E-state index is 13.2. The lowest BCUT2D eigenvalue weighted by molar-refractivity contribution is -0.135. The fourth-order valence-electron chi connectivity index (χ4n) is 4.75. The number of carbonyl (C=O) groups excluding carboxylic acids is 3. The molecular weight excluding hydrogens is 412 g/mol. The lowest BCUT2D eigenvalue weighted by atomic mass is 9.89. The third kappa shape index (κ3) is 4.03. The van der Waals surface area contributed by atoms with Crippen LogP contribution in [-0.2, 0) is 21.4 Å².